The summed E-state index contributed by atoms with van der Waals surface area (Å²) < 4.78 is 5.29. The minimum atomic E-state index is -0.643. The van der Waals surface area contributed by atoms with Crippen molar-refractivity contribution in [1.29, 1.82) is 0 Å². The number of amidine groups is 1. The number of nitrogens with zero attached hydrogens (tertiary/aromatic N) is 3. The lowest BCUT2D eigenvalue weighted by Gasteiger charge is -2.23. The lowest BCUT2D eigenvalue weighted by atomic mass is 9.98. The lowest BCUT2D eigenvalue weighted by molar-refractivity contribution is -0.121. The summed E-state index contributed by atoms with van der Waals surface area (Å²) in [5, 5.41) is 9.84. The van der Waals surface area contributed by atoms with Gasteiger partial charge in [0.1, 0.15) is 11.0 Å². The molecule has 2 atom stereocenters. The van der Waals surface area contributed by atoms with Crippen molar-refractivity contribution in [3.63, 3.8) is 0 Å². The van der Waals surface area contributed by atoms with Crippen LogP contribution in [0.25, 0.3) is 0 Å². The van der Waals surface area contributed by atoms with Crippen molar-refractivity contribution in [2.75, 3.05) is 12.4 Å². The van der Waals surface area contributed by atoms with Gasteiger partial charge < -0.3 is 10.1 Å². The minimum absolute atomic E-state index is 0.0372. The summed E-state index contributed by atoms with van der Waals surface area (Å²) in [5.41, 5.74) is 4.68. The first-order chi connectivity index (χ1) is 17.9. The monoisotopic (exact) mass is 532 g/mol. The highest BCUT2D eigenvalue weighted by molar-refractivity contribution is 8.15. The maximum absolute atomic E-state index is 12.8. The summed E-state index contributed by atoms with van der Waals surface area (Å²) in [5.74, 6) is -0.187. The second kappa shape index (κ2) is 10.8. The molecule has 0 saturated heterocycles. The molecule has 5 rings (SSSR count). The summed E-state index contributed by atoms with van der Waals surface area (Å²) in [7, 11) is 1.51. The Morgan fingerprint density at radius 2 is 1.89 bits per heavy atom. The van der Waals surface area contributed by atoms with Crippen LogP contribution in [-0.4, -0.2) is 40.1 Å². The number of carbonyl (C=O) groups is 2. The average molecular weight is 533 g/mol. The van der Waals surface area contributed by atoms with Crippen LogP contribution < -0.4 is 10.1 Å². The molecule has 3 aromatic rings. The van der Waals surface area contributed by atoms with Crippen LogP contribution >= 0.6 is 23.4 Å². The van der Waals surface area contributed by atoms with E-state index in [1.165, 1.54) is 24.4 Å². The normalized spacial score (nSPS) is 19.0. The number of ether oxygens (including phenoxy) is 1. The highest BCUT2D eigenvalue weighted by Crippen LogP contribution is 2.38. The summed E-state index contributed by atoms with van der Waals surface area (Å²) in [6, 6.07) is 23.2. The fraction of sp³-hybridized carbons (Fsp3) is 0.214. The quantitative estimate of drug-likeness (QED) is 0.431. The Hall–Kier alpha value is -3.62. The van der Waals surface area contributed by atoms with Crippen LogP contribution in [0.2, 0.25) is 5.02 Å². The fourth-order valence-corrected chi connectivity index (χ4v) is 5.53. The number of anilines is 1. The molecule has 0 aliphatic carbocycles. The topological polar surface area (TPSA) is 83.4 Å². The first kappa shape index (κ1) is 25.0. The van der Waals surface area contributed by atoms with E-state index in [1.807, 2.05) is 30.1 Å². The number of halogens is 1. The maximum Gasteiger partial charge on any atom is 0.262 e. The molecular formula is C28H25ClN4O3S. The Morgan fingerprint density at radius 3 is 2.62 bits per heavy atom. The third kappa shape index (κ3) is 5.55. The van der Waals surface area contributed by atoms with Crippen molar-refractivity contribution < 1.29 is 14.3 Å². The van der Waals surface area contributed by atoms with E-state index in [1.54, 1.807) is 18.2 Å². The average Bonchev–Trinajstić information content (AvgIpc) is 3.49. The van der Waals surface area contributed by atoms with Gasteiger partial charge in [-0.1, -0.05) is 83.5 Å². The number of thioether (sulfide) groups is 1. The number of hydrogen-bond donors (Lipinski definition) is 1. The molecule has 0 aromatic heterocycles. The third-order valence-corrected chi connectivity index (χ3v) is 7.59. The zero-order valence-electron chi connectivity index (χ0n) is 20.3. The van der Waals surface area contributed by atoms with Crippen LogP contribution in [0.1, 0.15) is 35.6 Å². The molecule has 0 bridgehead atoms. The van der Waals surface area contributed by atoms with E-state index in [0.29, 0.717) is 28.0 Å². The zero-order chi connectivity index (χ0) is 25.9. The predicted molar refractivity (Wildman–Crippen MR) is 148 cm³/mol. The molecule has 0 fully saturated rings. The van der Waals surface area contributed by atoms with E-state index in [-0.39, 0.29) is 24.3 Å². The van der Waals surface area contributed by atoms with Crippen molar-refractivity contribution in [3.05, 3.63) is 94.5 Å². The van der Waals surface area contributed by atoms with E-state index in [9.17, 15) is 9.59 Å². The van der Waals surface area contributed by atoms with E-state index < -0.39 is 5.25 Å². The van der Waals surface area contributed by atoms with E-state index in [2.05, 4.69) is 46.7 Å². The molecule has 0 radical (unpaired) electrons. The van der Waals surface area contributed by atoms with Crippen molar-refractivity contribution in [3.8, 4) is 5.75 Å². The van der Waals surface area contributed by atoms with Crippen molar-refractivity contribution >= 4 is 51.7 Å². The number of rotatable bonds is 6. The molecule has 9 heteroatoms. The largest absolute Gasteiger partial charge is 0.495 e. The summed E-state index contributed by atoms with van der Waals surface area (Å²) in [4.78, 5) is 29.9. The molecule has 3 aromatic carbocycles. The molecule has 1 N–H and O–H groups in total. The molecule has 2 amide bonds. The smallest absolute Gasteiger partial charge is 0.262 e. The van der Waals surface area contributed by atoms with Crippen LogP contribution in [0.5, 0.6) is 5.75 Å². The number of benzene rings is 3. The number of nitrogens with one attached hydrogen (secondary N) is 1. The van der Waals surface area contributed by atoms with Gasteiger partial charge in [-0.3, -0.25) is 9.59 Å². The van der Waals surface area contributed by atoms with E-state index in [4.69, 9.17) is 21.4 Å². The molecule has 0 unspecified atom stereocenters. The van der Waals surface area contributed by atoms with E-state index >= 15 is 0 Å². The van der Waals surface area contributed by atoms with Gasteiger partial charge in [-0.2, -0.15) is 10.1 Å². The molecule has 2 aliphatic rings. The Morgan fingerprint density at radius 1 is 1.14 bits per heavy atom. The standard InChI is InChI=1S/C28H25ClN4O3S/c1-17-8-10-18(11-9-17)21-15-23(19-6-4-3-5-7-19)33(32-21)28-31-27(35)25(37-28)16-26(34)30-22-14-20(29)12-13-24(22)36-2/h3-14,23,25H,15-16H2,1-2H3,(H,30,34)/t23-,25-/m0/s1. The molecule has 2 heterocycles. The fourth-order valence-electron chi connectivity index (χ4n) is 4.29. The third-order valence-electron chi connectivity index (χ3n) is 6.21. The number of hydrazone groups is 1. The molecule has 37 heavy (non-hydrogen) atoms. The molecule has 0 spiro atoms. The SMILES string of the molecule is COc1ccc(Cl)cc1NC(=O)C[C@@H]1SC(N2N=C(c3ccc(C)cc3)C[C@H]2c2ccccc2)=NC1=O. The van der Waals surface area contributed by atoms with Gasteiger partial charge in [0.25, 0.3) is 5.91 Å². The first-order valence-electron chi connectivity index (χ1n) is 11.8. The summed E-state index contributed by atoms with van der Waals surface area (Å²) in [6.07, 6.45) is 0.644. The number of methoxy groups -OCH3 is 1. The second-order valence-corrected chi connectivity index (χ2v) is 10.4. The number of hydrogen-bond acceptors (Lipinski definition) is 6. The van der Waals surface area contributed by atoms with Gasteiger partial charge in [0.05, 0.1) is 24.6 Å². The van der Waals surface area contributed by atoms with Gasteiger partial charge in [0.15, 0.2) is 5.17 Å². The van der Waals surface area contributed by atoms with Crippen molar-refractivity contribution in [1.82, 2.24) is 5.01 Å². The van der Waals surface area contributed by atoms with Crippen molar-refractivity contribution in [2.24, 2.45) is 10.1 Å². The van der Waals surface area contributed by atoms with Crippen molar-refractivity contribution in [2.45, 2.75) is 31.1 Å². The molecule has 188 valence electrons. The highest BCUT2D eigenvalue weighted by atomic mass is 35.5. The Kier molecular flexibility index (Phi) is 7.30. The number of carbonyl (C=O) groups excluding carboxylic acids is 2. The Labute approximate surface area is 224 Å². The molecule has 0 saturated carbocycles. The highest BCUT2D eigenvalue weighted by Gasteiger charge is 2.39. The first-order valence-corrected chi connectivity index (χ1v) is 13.1. The van der Waals surface area contributed by atoms with Crippen LogP contribution in [0, 0.1) is 6.92 Å². The van der Waals surface area contributed by atoms with E-state index in [0.717, 1.165) is 16.8 Å². The Bertz CT molecular complexity index is 1390. The maximum atomic E-state index is 12.8. The van der Waals surface area contributed by atoms with Gasteiger partial charge >= 0.3 is 0 Å². The summed E-state index contributed by atoms with van der Waals surface area (Å²) >= 11 is 7.34. The number of aryl methyl sites for hydroxylation is 1. The number of aliphatic imine (C=N–C) groups is 1. The predicted octanol–water partition coefficient (Wildman–Crippen LogP) is 5.83. The zero-order valence-corrected chi connectivity index (χ0v) is 21.9. The van der Waals surface area contributed by atoms with Gasteiger partial charge in [-0.15, -0.1) is 0 Å². The minimum Gasteiger partial charge on any atom is -0.495 e. The summed E-state index contributed by atoms with van der Waals surface area (Å²) in [6.45, 7) is 2.05. The van der Waals surface area contributed by atoms with Gasteiger partial charge in [-0.25, -0.2) is 5.01 Å². The molecule has 7 nitrogen and oxygen atoms in total. The van der Waals surface area contributed by atoms with Gasteiger partial charge in [0, 0.05) is 17.9 Å². The van der Waals surface area contributed by atoms with Crippen LogP contribution in [-0.2, 0) is 9.59 Å². The van der Waals surface area contributed by atoms with Crippen LogP contribution in [0.4, 0.5) is 5.69 Å². The van der Waals surface area contributed by atoms with Gasteiger partial charge in [-0.05, 0) is 36.2 Å². The second-order valence-electron chi connectivity index (χ2n) is 8.82. The molecular weight excluding hydrogens is 508 g/mol. The van der Waals surface area contributed by atoms with Crippen LogP contribution in [0.3, 0.4) is 0 Å². The lowest BCUT2D eigenvalue weighted by Crippen LogP contribution is -2.25. The van der Waals surface area contributed by atoms with Crippen LogP contribution in [0.15, 0.2) is 82.9 Å². The molecule has 2 aliphatic heterocycles. The number of amides is 2. The Balaban J connectivity index is 1.34. The van der Waals surface area contributed by atoms with Gasteiger partial charge in [0.2, 0.25) is 5.91 Å².